The summed E-state index contributed by atoms with van der Waals surface area (Å²) in [6.45, 7) is 7.13. The van der Waals surface area contributed by atoms with Gasteiger partial charge in [-0.15, -0.1) is 0 Å². The van der Waals surface area contributed by atoms with Crippen LogP contribution in [0.3, 0.4) is 0 Å². The van der Waals surface area contributed by atoms with Crippen LogP contribution >= 0.6 is 0 Å². The molecule has 0 aliphatic carbocycles. The Morgan fingerprint density at radius 2 is 1.95 bits per heavy atom. The number of hydrogen-bond donors (Lipinski definition) is 2. The number of carbonyl (C=O) groups is 1. The fourth-order valence-corrected chi connectivity index (χ4v) is 2.28. The van der Waals surface area contributed by atoms with Crippen molar-refractivity contribution in [2.45, 2.75) is 26.8 Å². The summed E-state index contributed by atoms with van der Waals surface area (Å²) in [4.78, 5) is 22.5. The van der Waals surface area contributed by atoms with Gasteiger partial charge < -0.3 is 16.0 Å². The number of benzene rings is 1. The molecule has 0 saturated heterocycles. The third kappa shape index (κ3) is 3.21. The standard InChI is InChI=1S/C15H21N5O/c1-4-20(5-2)14(21)10(3)17-13-11-8-6-7-9-12(11)18-15(16)19-13/h6-10H,4-5H2,1-3H3,(H3,16,17,18,19). The number of fused-ring (bicyclic) bond motifs is 1. The summed E-state index contributed by atoms with van der Waals surface area (Å²) in [5.74, 6) is 0.825. The molecule has 112 valence electrons. The largest absolute Gasteiger partial charge is 0.368 e. The van der Waals surface area contributed by atoms with E-state index in [4.69, 9.17) is 5.73 Å². The van der Waals surface area contributed by atoms with Crippen LogP contribution in [0.2, 0.25) is 0 Å². The highest BCUT2D eigenvalue weighted by Gasteiger charge is 2.19. The van der Waals surface area contributed by atoms with E-state index in [1.54, 1.807) is 4.90 Å². The molecule has 6 nitrogen and oxygen atoms in total. The van der Waals surface area contributed by atoms with Gasteiger partial charge in [-0.05, 0) is 32.9 Å². The lowest BCUT2D eigenvalue weighted by Gasteiger charge is -2.24. The Morgan fingerprint density at radius 3 is 2.62 bits per heavy atom. The van der Waals surface area contributed by atoms with Gasteiger partial charge in [0, 0.05) is 18.5 Å². The maximum absolute atomic E-state index is 12.3. The van der Waals surface area contributed by atoms with Gasteiger partial charge in [0.2, 0.25) is 11.9 Å². The zero-order valence-corrected chi connectivity index (χ0v) is 12.6. The van der Waals surface area contributed by atoms with E-state index in [0.29, 0.717) is 18.9 Å². The molecule has 0 saturated carbocycles. The maximum atomic E-state index is 12.3. The second kappa shape index (κ2) is 6.39. The molecule has 3 N–H and O–H groups in total. The van der Waals surface area contributed by atoms with Gasteiger partial charge in [0.15, 0.2) is 0 Å². The number of carbonyl (C=O) groups excluding carboxylic acids is 1. The van der Waals surface area contributed by atoms with Crippen LogP contribution < -0.4 is 11.1 Å². The highest BCUT2D eigenvalue weighted by atomic mass is 16.2. The van der Waals surface area contributed by atoms with Crippen molar-refractivity contribution < 1.29 is 4.79 Å². The molecule has 1 aromatic heterocycles. The molecule has 2 aromatic rings. The third-order valence-electron chi connectivity index (χ3n) is 3.42. The van der Waals surface area contributed by atoms with Crippen LogP contribution in [0.5, 0.6) is 0 Å². The van der Waals surface area contributed by atoms with Crippen LogP contribution in [0.15, 0.2) is 24.3 Å². The topological polar surface area (TPSA) is 84.1 Å². The molecule has 6 heteroatoms. The van der Waals surface area contributed by atoms with Crippen molar-refractivity contribution >= 4 is 28.6 Å². The fraction of sp³-hybridized carbons (Fsp3) is 0.400. The van der Waals surface area contributed by atoms with Crippen LogP contribution in [0.1, 0.15) is 20.8 Å². The highest BCUT2D eigenvalue weighted by molar-refractivity contribution is 5.92. The first-order valence-corrected chi connectivity index (χ1v) is 7.14. The SMILES string of the molecule is CCN(CC)C(=O)C(C)Nc1nc(N)nc2ccccc12. The number of para-hydroxylation sites is 1. The molecule has 1 unspecified atom stereocenters. The Kier molecular flexibility index (Phi) is 4.57. The number of nitrogens with one attached hydrogen (secondary N) is 1. The third-order valence-corrected chi connectivity index (χ3v) is 3.42. The molecule has 1 heterocycles. The molecule has 0 radical (unpaired) electrons. The van der Waals surface area contributed by atoms with Crippen molar-refractivity contribution in [3.8, 4) is 0 Å². The monoisotopic (exact) mass is 287 g/mol. The zero-order valence-electron chi connectivity index (χ0n) is 12.6. The van der Waals surface area contributed by atoms with Crippen molar-refractivity contribution in [2.24, 2.45) is 0 Å². The smallest absolute Gasteiger partial charge is 0.244 e. The lowest BCUT2D eigenvalue weighted by molar-refractivity contribution is -0.131. The molecule has 2 rings (SSSR count). The lowest BCUT2D eigenvalue weighted by Crippen LogP contribution is -2.41. The molecule has 0 aliphatic rings. The average molecular weight is 287 g/mol. The number of likely N-dealkylation sites (N-methyl/N-ethyl adjacent to an activating group) is 1. The number of nitrogens with zero attached hydrogens (tertiary/aromatic N) is 3. The summed E-state index contributed by atoms with van der Waals surface area (Å²) in [6, 6.07) is 7.20. The first kappa shape index (κ1) is 15.0. The molecule has 0 spiro atoms. The number of hydrogen-bond acceptors (Lipinski definition) is 5. The summed E-state index contributed by atoms with van der Waals surface area (Å²) < 4.78 is 0. The summed E-state index contributed by atoms with van der Waals surface area (Å²) in [7, 11) is 0. The highest BCUT2D eigenvalue weighted by Crippen LogP contribution is 2.21. The number of rotatable bonds is 5. The molecular weight excluding hydrogens is 266 g/mol. The molecule has 1 atom stereocenters. The first-order chi connectivity index (χ1) is 10.1. The average Bonchev–Trinajstić information content (AvgIpc) is 2.48. The number of nitrogens with two attached hydrogens (primary N) is 1. The van der Waals surface area contributed by atoms with Crippen molar-refractivity contribution in [1.29, 1.82) is 0 Å². The maximum Gasteiger partial charge on any atom is 0.244 e. The molecule has 0 fully saturated rings. The minimum absolute atomic E-state index is 0.0428. The number of aromatic nitrogens is 2. The second-order valence-corrected chi connectivity index (χ2v) is 4.82. The van der Waals surface area contributed by atoms with E-state index in [1.807, 2.05) is 45.0 Å². The molecule has 0 bridgehead atoms. The summed E-state index contributed by atoms with van der Waals surface area (Å²) in [5, 5.41) is 4.00. The van der Waals surface area contributed by atoms with Gasteiger partial charge >= 0.3 is 0 Å². The zero-order chi connectivity index (χ0) is 15.4. The fourth-order valence-electron chi connectivity index (χ4n) is 2.28. The Hall–Kier alpha value is -2.37. The minimum Gasteiger partial charge on any atom is -0.368 e. The van der Waals surface area contributed by atoms with E-state index < -0.39 is 0 Å². The number of nitrogen functional groups attached to an aromatic ring is 1. The molecule has 1 aromatic carbocycles. The molecule has 1 amide bonds. The molecule has 0 aliphatic heterocycles. The Balaban J connectivity index is 2.29. The quantitative estimate of drug-likeness (QED) is 0.877. The van der Waals surface area contributed by atoms with Crippen molar-refractivity contribution in [3.05, 3.63) is 24.3 Å². The Morgan fingerprint density at radius 1 is 1.29 bits per heavy atom. The summed E-state index contributed by atoms with van der Waals surface area (Å²) >= 11 is 0. The summed E-state index contributed by atoms with van der Waals surface area (Å²) in [5.41, 5.74) is 6.49. The van der Waals surface area contributed by atoms with Gasteiger partial charge in [0.05, 0.1) is 5.52 Å². The van der Waals surface area contributed by atoms with E-state index in [-0.39, 0.29) is 17.9 Å². The van der Waals surface area contributed by atoms with Gasteiger partial charge in [0.1, 0.15) is 11.9 Å². The van der Waals surface area contributed by atoms with Crippen molar-refractivity contribution in [3.63, 3.8) is 0 Å². The van der Waals surface area contributed by atoms with Gasteiger partial charge in [-0.25, -0.2) is 4.98 Å². The molecular formula is C15H21N5O. The summed E-state index contributed by atoms with van der Waals surface area (Å²) in [6.07, 6.45) is 0. The second-order valence-electron chi connectivity index (χ2n) is 4.82. The number of amides is 1. The van der Waals surface area contributed by atoms with Crippen LogP contribution in [-0.2, 0) is 4.79 Å². The first-order valence-electron chi connectivity index (χ1n) is 7.14. The van der Waals surface area contributed by atoms with E-state index >= 15 is 0 Å². The van der Waals surface area contributed by atoms with E-state index in [9.17, 15) is 4.79 Å². The van der Waals surface area contributed by atoms with Crippen LogP contribution in [0, 0.1) is 0 Å². The van der Waals surface area contributed by atoms with Crippen molar-refractivity contribution in [1.82, 2.24) is 14.9 Å². The Bertz CT molecular complexity index is 639. The number of anilines is 2. The predicted molar refractivity (Wildman–Crippen MR) is 85.0 cm³/mol. The predicted octanol–water partition coefficient (Wildman–Crippen LogP) is 1.88. The van der Waals surface area contributed by atoms with Crippen molar-refractivity contribution in [2.75, 3.05) is 24.1 Å². The van der Waals surface area contributed by atoms with E-state index in [0.717, 1.165) is 10.9 Å². The normalized spacial score (nSPS) is 12.1. The van der Waals surface area contributed by atoms with Gasteiger partial charge in [-0.1, -0.05) is 12.1 Å². The van der Waals surface area contributed by atoms with Crippen LogP contribution in [0.4, 0.5) is 11.8 Å². The van der Waals surface area contributed by atoms with E-state index in [2.05, 4.69) is 15.3 Å². The van der Waals surface area contributed by atoms with Gasteiger partial charge in [-0.2, -0.15) is 4.98 Å². The molecule has 21 heavy (non-hydrogen) atoms. The van der Waals surface area contributed by atoms with E-state index in [1.165, 1.54) is 0 Å². The van der Waals surface area contributed by atoms with Gasteiger partial charge in [0.25, 0.3) is 0 Å². The lowest BCUT2D eigenvalue weighted by atomic mass is 10.2. The van der Waals surface area contributed by atoms with Crippen LogP contribution in [0.25, 0.3) is 10.9 Å². The Labute approximate surface area is 124 Å². The van der Waals surface area contributed by atoms with Gasteiger partial charge in [-0.3, -0.25) is 4.79 Å². The minimum atomic E-state index is -0.373. The van der Waals surface area contributed by atoms with Crippen LogP contribution in [-0.4, -0.2) is 39.9 Å².